The van der Waals surface area contributed by atoms with Gasteiger partial charge in [0.1, 0.15) is 6.10 Å². The first-order valence-electron chi connectivity index (χ1n) is 7.28. The van der Waals surface area contributed by atoms with Gasteiger partial charge in [-0.1, -0.05) is 6.92 Å². The number of amides is 1. The molecule has 2 saturated carbocycles. The molecule has 0 aromatic carbocycles. The zero-order chi connectivity index (χ0) is 13.6. The van der Waals surface area contributed by atoms with Crippen LogP contribution in [0.15, 0.2) is 0 Å². The monoisotopic (exact) mass is 267 g/mol. The van der Waals surface area contributed by atoms with E-state index in [0.717, 1.165) is 32.1 Å². The molecule has 1 aliphatic heterocycles. The van der Waals surface area contributed by atoms with E-state index in [4.69, 9.17) is 9.84 Å². The first-order valence-corrected chi connectivity index (χ1v) is 7.28. The van der Waals surface area contributed by atoms with Crippen molar-refractivity contribution in [1.29, 1.82) is 0 Å². The van der Waals surface area contributed by atoms with Gasteiger partial charge in [-0.2, -0.15) is 0 Å². The first-order chi connectivity index (χ1) is 9.10. The lowest BCUT2D eigenvalue weighted by molar-refractivity contribution is -0.138. The molecular formula is C14H21NO4. The van der Waals surface area contributed by atoms with Gasteiger partial charge in [-0.3, -0.25) is 9.59 Å². The summed E-state index contributed by atoms with van der Waals surface area (Å²) in [5, 5.41) is 11.9. The van der Waals surface area contributed by atoms with Gasteiger partial charge in [-0.25, -0.2) is 0 Å². The minimum absolute atomic E-state index is 0.00373. The predicted molar refractivity (Wildman–Crippen MR) is 67.5 cm³/mol. The van der Waals surface area contributed by atoms with Crippen LogP contribution in [0.1, 0.15) is 39.0 Å². The van der Waals surface area contributed by atoms with E-state index in [2.05, 4.69) is 12.2 Å². The minimum Gasteiger partial charge on any atom is -0.481 e. The zero-order valence-corrected chi connectivity index (χ0v) is 11.2. The summed E-state index contributed by atoms with van der Waals surface area (Å²) in [4.78, 5) is 22.8. The molecule has 19 heavy (non-hydrogen) atoms. The van der Waals surface area contributed by atoms with E-state index in [1.165, 1.54) is 0 Å². The van der Waals surface area contributed by atoms with Crippen molar-refractivity contribution in [3.63, 3.8) is 0 Å². The average molecular weight is 267 g/mol. The molecule has 0 spiro atoms. The average Bonchev–Trinajstić information content (AvgIpc) is 3.25. The van der Waals surface area contributed by atoms with Crippen LogP contribution in [0.5, 0.6) is 0 Å². The summed E-state index contributed by atoms with van der Waals surface area (Å²) >= 11 is 0. The Hall–Kier alpha value is -1.10. The molecule has 0 aromatic heterocycles. The predicted octanol–water partition coefficient (Wildman–Crippen LogP) is 1.17. The second kappa shape index (κ2) is 4.78. The quantitative estimate of drug-likeness (QED) is 0.784. The smallest absolute Gasteiger partial charge is 0.306 e. The van der Waals surface area contributed by atoms with Crippen molar-refractivity contribution < 1.29 is 19.4 Å². The Morgan fingerprint density at radius 1 is 1.26 bits per heavy atom. The highest BCUT2D eigenvalue weighted by molar-refractivity contribution is 5.81. The third-order valence-electron chi connectivity index (χ3n) is 4.73. The number of rotatable bonds is 5. The maximum absolute atomic E-state index is 12.0. The molecule has 5 nitrogen and oxygen atoms in total. The van der Waals surface area contributed by atoms with Crippen molar-refractivity contribution in [2.24, 2.45) is 17.8 Å². The van der Waals surface area contributed by atoms with Gasteiger partial charge in [0.2, 0.25) is 5.91 Å². The van der Waals surface area contributed by atoms with Crippen molar-refractivity contribution in [2.45, 2.75) is 57.3 Å². The third-order valence-corrected chi connectivity index (χ3v) is 4.73. The summed E-state index contributed by atoms with van der Waals surface area (Å²) in [5.41, 5.74) is 0. The van der Waals surface area contributed by atoms with Crippen LogP contribution in [-0.4, -0.2) is 35.2 Å². The molecule has 0 aromatic rings. The molecule has 0 radical (unpaired) electrons. The van der Waals surface area contributed by atoms with E-state index in [1.54, 1.807) is 0 Å². The fourth-order valence-electron chi connectivity index (χ4n) is 3.30. The highest BCUT2D eigenvalue weighted by Gasteiger charge is 2.57. The summed E-state index contributed by atoms with van der Waals surface area (Å²) in [6.07, 6.45) is 4.38. The third kappa shape index (κ3) is 2.61. The molecule has 6 atom stereocenters. The van der Waals surface area contributed by atoms with Crippen LogP contribution >= 0.6 is 0 Å². The van der Waals surface area contributed by atoms with E-state index in [-0.39, 0.29) is 36.0 Å². The maximum Gasteiger partial charge on any atom is 0.306 e. The number of nitrogens with one attached hydrogen (secondary N) is 1. The zero-order valence-electron chi connectivity index (χ0n) is 11.2. The Morgan fingerprint density at radius 2 is 2.05 bits per heavy atom. The van der Waals surface area contributed by atoms with Gasteiger partial charge in [0.15, 0.2) is 0 Å². The van der Waals surface area contributed by atoms with Crippen LogP contribution in [0.4, 0.5) is 0 Å². The lowest BCUT2D eigenvalue weighted by Crippen LogP contribution is -2.37. The number of carbonyl (C=O) groups is 2. The van der Waals surface area contributed by atoms with E-state index >= 15 is 0 Å². The number of carbonyl (C=O) groups excluding carboxylic acids is 1. The van der Waals surface area contributed by atoms with Gasteiger partial charge in [0.25, 0.3) is 0 Å². The first kappa shape index (κ1) is 12.9. The highest BCUT2D eigenvalue weighted by Crippen LogP contribution is 2.54. The van der Waals surface area contributed by atoms with E-state index < -0.39 is 5.97 Å². The van der Waals surface area contributed by atoms with Crippen LogP contribution < -0.4 is 5.32 Å². The second-order valence-corrected chi connectivity index (χ2v) is 6.09. The maximum atomic E-state index is 12.0. The van der Waals surface area contributed by atoms with Crippen molar-refractivity contribution in [1.82, 2.24) is 5.32 Å². The Balaban J connectivity index is 1.42. The molecule has 5 heteroatoms. The topological polar surface area (TPSA) is 75.6 Å². The summed E-state index contributed by atoms with van der Waals surface area (Å²) < 4.78 is 5.67. The molecule has 1 amide bonds. The fraction of sp³-hybridized carbons (Fsp3) is 0.857. The van der Waals surface area contributed by atoms with Gasteiger partial charge < -0.3 is 15.2 Å². The number of hydrogen-bond acceptors (Lipinski definition) is 3. The van der Waals surface area contributed by atoms with Crippen LogP contribution in [0.2, 0.25) is 0 Å². The standard InChI is InChI=1S/C14H21NO4/c1-2-7-3-4-12(19-7)13(16)15-11-6-9(11)8-5-10(8)14(17)18/h7-12H,2-6H2,1H3,(H,15,16)(H,17,18)/t7-,8+,9-,10+,11-,12-/m1/s1. The van der Waals surface area contributed by atoms with E-state index in [0.29, 0.717) is 5.92 Å². The Kier molecular flexibility index (Phi) is 3.25. The van der Waals surface area contributed by atoms with Crippen molar-refractivity contribution in [3.8, 4) is 0 Å². The summed E-state index contributed by atoms with van der Waals surface area (Å²) in [7, 11) is 0. The van der Waals surface area contributed by atoms with Crippen molar-refractivity contribution >= 4 is 11.9 Å². The van der Waals surface area contributed by atoms with Gasteiger partial charge in [-0.15, -0.1) is 0 Å². The SMILES string of the molecule is CC[C@@H]1CC[C@H](C(=O)N[C@@H]2C[C@@H]2[C@@H]2C[C@@H]2C(=O)O)O1. The van der Waals surface area contributed by atoms with Crippen molar-refractivity contribution in [2.75, 3.05) is 0 Å². The normalized spacial score (nSPS) is 43.8. The molecule has 106 valence electrons. The summed E-state index contributed by atoms with van der Waals surface area (Å²) in [5.74, 6) is -0.189. The number of carboxylic acid groups (broad SMARTS) is 1. The fourth-order valence-corrected chi connectivity index (χ4v) is 3.30. The van der Waals surface area contributed by atoms with Gasteiger partial charge in [0.05, 0.1) is 12.0 Å². The number of ether oxygens (including phenoxy) is 1. The summed E-state index contributed by atoms with van der Waals surface area (Å²) in [6, 6.07) is 0.186. The van der Waals surface area contributed by atoms with Crippen LogP contribution in [0.3, 0.4) is 0 Å². The van der Waals surface area contributed by atoms with Crippen LogP contribution in [-0.2, 0) is 14.3 Å². The molecule has 0 unspecified atom stereocenters. The Morgan fingerprint density at radius 3 is 2.63 bits per heavy atom. The van der Waals surface area contributed by atoms with E-state index in [9.17, 15) is 9.59 Å². The van der Waals surface area contributed by atoms with Crippen LogP contribution in [0.25, 0.3) is 0 Å². The lowest BCUT2D eigenvalue weighted by Gasteiger charge is -2.12. The van der Waals surface area contributed by atoms with Crippen LogP contribution in [0, 0.1) is 17.8 Å². The molecule has 1 saturated heterocycles. The minimum atomic E-state index is -0.688. The van der Waals surface area contributed by atoms with E-state index in [1.807, 2.05) is 0 Å². The Bertz CT molecular complexity index is 397. The number of hydrogen-bond donors (Lipinski definition) is 2. The molecule has 3 aliphatic rings. The number of carboxylic acids is 1. The van der Waals surface area contributed by atoms with Gasteiger partial charge in [-0.05, 0) is 43.9 Å². The van der Waals surface area contributed by atoms with Gasteiger partial charge in [0, 0.05) is 6.04 Å². The second-order valence-electron chi connectivity index (χ2n) is 6.09. The molecule has 0 bridgehead atoms. The molecule has 2 aliphatic carbocycles. The molecular weight excluding hydrogens is 246 g/mol. The molecule has 3 rings (SSSR count). The van der Waals surface area contributed by atoms with Gasteiger partial charge >= 0.3 is 5.97 Å². The summed E-state index contributed by atoms with van der Waals surface area (Å²) in [6.45, 7) is 2.07. The lowest BCUT2D eigenvalue weighted by atomic mass is 10.1. The number of aliphatic carboxylic acids is 1. The molecule has 2 N–H and O–H groups in total. The molecule has 1 heterocycles. The largest absolute Gasteiger partial charge is 0.481 e. The molecule has 3 fully saturated rings. The Labute approximate surface area is 112 Å². The highest BCUT2D eigenvalue weighted by atomic mass is 16.5. The van der Waals surface area contributed by atoms with Crippen molar-refractivity contribution in [3.05, 3.63) is 0 Å².